The molecule has 30 heavy (non-hydrogen) atoms. The van der Waals surface area contributed by atoms with Crippen LogP contribution in [0.4, 0.5) is 13.2 Å². The Balaban J connectivity index is 2.03. The summed E-state index contributed by atoms with van der Waals surface area (Å²) in [5.41, 5.74) is -0.459. The van der Waals surface area contributed by atoms with Crippen LogP contribution in [-0.2, 0) is 4.79 Å². The van der Waals surface area contributed by atoms with Gasteiger partial charge in [-0.2, -0.15) is 0 Å². The third kappa shape index (κ3) is 4.02. The predicted molar refractivity (Wildman–Crippen MR) is 102 cm³/mol. The lowest BCUT2D eigenvalue weighted by Gasteiger charge is -2.18. The van der Waals surface area contributed by atoms with E-state index in [1.165, 1.54) is 26.1 Å². The molecule has 1 unspecified atom stereocenters. The molecule has 2 N–H and O–H groups in total. The number of aromatic nitrogens is 1. The van der Waals surface area contributed by atoms with Gasteiger partial charge in [-0.25, -0.2) is 13.2 Å². The maximum Gasteiger partial charge on any atom is 0.258 e. The summed E-state index contributed by atoms with van der Waals surface area (Å²) in [5, 5.41) is 8.48. The molecule has 0 bridgehead atoms. The Kier molecular flexibility index (Phi) is 6.12. The fourth-order valence-electron chi connectivity index (χ4n) is 2.87. The van der Waals surface area contributed by atoms with Crippen LogP contribution in [0.1, 0.15) is 27.7 Å². The van der Waals surface area contributed by atoms with Gasteiger partial charge in [0.2, 0.25) is 5.91 Å². The predicted octanol–water partition coefficient (Wildman–Crippen LogP) is 3.94. The first kappa shape index (κ1) is 21.4. The lowest BCUT2D eigenvalue weighted by Crippen LogP contribution is -2.39. The Morgan fingerprint density at radius 2 is 1.83 bits per heavy atom. The number of amides is 2. The van der Waals surface area contributed by atoms with Gasteiger partial charge < -0.3 is 15.2 Å². The maximum atomic E-state index is 14.3. The molecule has 1 aromatic heterocycles. The smallest absolute Gasteiger partial charge is 0.258 e. The largest absolute Gasteiger partial charge is 0.360 e. The molecule has 1 heterocycles. The first-order valence-corrected chi connectivity index (χ1v) is 9.00. The van der Waals surface area contributed by atoms with Crippen molar-refractivity contribution in [3.8, 4) is 11.3 Å². The lowest BCUT2D eigenvalue weighted by atomic mass is 10.0. The van der Waals surface area contributed by atoms with E-state index in [4.69, 9.17) is 16.1 Å². The third-order valence-electron chi connectivity index (χ3n) is 4.35. The molecule has 0 radical (unpaired) electrons. The summed E-state index contributed by atoms with van der Waals surface area (Å²) in [4.78, 5) is 25.3. The van der Waals surface area contributed by atoms with Crippen LogP contribution in [-0.4, -0.2) is 24.0 Å². The second-order valence-corrected chi connectivity index (χ2v) is 6.66. The van der Waals surface area contributed by atoms with Crippen LogP contribution in [0.2, 0.25) is 5.02 Å². The zero-order chi connectivity index (χ0) is 22.0. The third-order valence-corrected chi connectivity index (χ3v) is 4.67. The molecule has 0 aliphatic heterocycles. The van der Waals surface area contributed by atoms with Gasteiger partial charge in [0, 0.05) is 7.05 Å². The Morgan fingerprint density at radius 3 is 2.47 bits per heavy atom. The fourth-order valence-corrected chi connectivity index (χ4v) is 3.13. The van der Waals surface area contributed by atoms with Crippen LogP contribution in [0.25, 0.3) is 11.3 Å². The van der Waals surface area contributed by atoms with Crippen molar-refractivity contribution in [1.29, 1.82) is 0 Å². The van der Waals surface area contributed by atoms with Gasteiger partial charge in [0.25, 0.3) is 5.91 Å². The van der Waals surface area contributed by atoms with E-state index in [-0.39, 0.29) is 33.2 Å². The summed E-state index contributed by atoms with van der Waals surface area (Å²) in [6, 6.07) is 5.37. The monoisotopic (exact) mass is 437 g/mol. The average molecular weight is 438 g/mol. The zero-order valence-electron chi connectivity index (χ0n) is 15.7. The summed E-state index contributed by atoms with van der Waals surface area (Å²) in [7, 11) is 1.32. The first-order valence-electron chi connectivity index (χ1n) is 8.62. The molecule has 156 valence electrons. The number of carbonyl (C=O) groups excluding carboxylic acids is 2. The molecular formula is C20H15ClF3N3O3. The molecule has 0 aliphatic carbocycles. The van der Waals surface area contributed by atoms with E-state index in [1.807, 2.05) is 0 Å². The first-order chi connectivity index (χ1) is 14.2. The Bertz CT molecular complexity index is 1110. The summed E-state index contributed by atoms with van der Waals surface area (Å²) in [6.45, 7) is 1.42. The topological polar surface area (TPSA) is 84.2 Å². The van der Waals surface area contributed by atoms with Crippen molar-refractivity contribution in [2.45, 2.75) is 13.0 Å². The van der Waals surface area contributed by atoms with Crippen LogP contribution in [0.3, 0.4) is 0 Å². The molecule has 2 amide bonds. The Hall–Kier alpha value is -3.33. The van der Waals surface area contributed by atoms with Crippen molar-refractivity contribution in [3.63, 3.8) is 0 Å². The molecule has 0 aliphatic rings. The number of aryl methyl sites for hydroxylation is 1. The highest BCUT2D eigenvalue weighted by atomic mass is 35.5. The van der Waals surface area contributed by atoms with Gasteiger partial charge in [-0.1, -0.05) is 28.9 Å². The van der Waals surface area contributed by atoms with Gasteiger partial charge in [-0.15, -0.1) is 0 Å². The molecule has 3 rings (SSSR count). The number of hydrogen-bond donors (Lipinski definition) is 2. The highest BCUT2D eigenvalue weighted by Crippen LogP contribution is 2.33. The number of carbonyl (C=O) groups is 2. The zero-order valence-corrected chi connectivity index (χ0v) is 16.5. The minimum absolute atomic E-state index is 0.000747. The molecule has 3 aromatic rings. The quantitative estimate of drug-likeness (QED) is 0.633. The van der Waals surface area contributed by atoms with Crippen molar-refractivity contribution in [1.82, 2.24) is 15.8 Å². The van der Waals surface area contributed by atoms with Crippen LogP contribution >= 0.6 is 11.6 Å². The average Bonchev–Trinajstić information content (AvgIpc) is 3.08. The molecule has 2 aromatic carbocycles. The Labute approximate surface area is 174 Å². The second kappa shape index (κ2) is 8.58. The molecule has 0 fully saturated rings. The number of benzene rings is 2. The van der Waals surface area contributed by atoms with Crippen molar-refractivity contribution in [2.24, 2.45) is 0 Å². The fraction of sp³-hybridized carbons (Fsp3) is 0.150. The van der Waals surface area contributed by atoms with E-state index < -0.39 is 35.3 Å². The van der Waals surface area contributed by atoms with Crippen LogP contribution < -0.4 is 10.6 Å². The van der Waals surface area contributed by atoms with Crippen molar-refractivity contribution in [2.75, 3.05) is 7.05 Å². The standard InChI is InChI=1S/C20H15ClF3N3O3/c1-9-15(18(27-30-9)16-11(21)4-3-5-13(16)23)19(28)26-17(20(29)25-2)10-6-7-12(22)14(24)8-10/h3-8,17H,1-2H3,(H,25,29)(H,26,28). The number of nitrogens with zero attached hydrogens (tertiary/aromatic N) is 1. The van der Waals surface area contributed by atoms with E-state index in [2.05, 4.69) is 15.8 Å². The molecule has 0 spiro atoms. The van der Waals surface area contributed by atoms with Gasteiger partial charge in [0.1, 0.15) is 28.9 Å². The van der Waals surface area contributed by atoms with Gasteiger partial charge in [0.05, 0.1) is 10.6 Å². The number of likely N-dealkylation sites (N-methyl/N-ethyl adjacent to an activating group) is 1. The summed E-state index contributed by atoms with van der Waals surface area (Å²) in [6.07, 6.45) is 0. The lowest BCUT2D eigenvalue weighted by molar-refractivity contribution is -0.122. The molecule has 0 saturated heterocycles. The van der Waals surface area contributed by atoms with Crippen molar-refractivity contribution < 1.29 is 27.3 Å². The summed E-state index contributed by atoms with van der Waals surface area (Å²) >= 11 is 6.06. The molecule has 6 nitrogen and oxygen atoms in total. The van der Waals surface area contributed by atoms with Gasteiger partial charge in [-0.3, -0.25) is 9.59 Å². The highest BCUT2D eigenvalue weighted by Gasteiger charge is 2.29. The van der Waals surface area contributed by atoms with Crippen LogP contribution in [0, 0.1) is 24.4 Å². The van der Waals surface area contributed by atoms with Crippen LogP contribution in [0.15, 0.2) is 40.9 Å². The second-order valence-electron chi connectivity index (χ2n) is 6.25. The van der Waals surface area contributed by atoms with E-state index in [0.29, 0.717) is 0 Å². The minimum atomic E-state index is -1.36. The van der Waals surface area contributed by atoms with Gasteiger partial charge in [-0.05, 0) is 36.8 Å². The van der Waals surface area contributed by atoms with Crippen molar-refractivity contribution in [3.05, 3.63) is 75.8 Å². The van der Waals surface area contributed by atoms with E-state index >= 15 is 0 Å². The summed E-state index contributed by atoms with van der Waals surface area (Å²) in [5.74, 6) is -4.51. The molecule has 0 saturated carbocycles. The molecule has 10 heteroatoms. The number of halogens is 4. The maximum absolute atomic E-state index is 14.3. The van der Waals surface area contributed by atoms with Gasteiger partial charge >= 0.3 is 0 Å². The molecular weight excluding hydrogens is 423 g/mol. The Morgan fingerprint density at radius 1 is 1.10 bits per heavy atom. The van der Waals surface area contributed by atoms with Crippen molar-refractivity contribution >= 4 is 23.4 Å². The SMILES string of the molecule is CNC(=O)C(NC(=O)c1c(-c2c(F)cccc2Cl)noc1C)c1ccc(F)c(F)c1. The summed E-state index contributed by atoms with van der Waals surface area (Å²) < 4.78 is 46.3. The number of nitrogens with one attached hydrogen (secondary N) is 2. The number of hydrogen-bond acceptors (Lipinski definition) is 4. The van der Waals surface area contributed by atoms with E-state index in [1.54, 1.807) is 0 Å². The van der Waals surface area contributed by atoms with E-state index in [0.717, 1.165) is 24.3 Å². The minimum Gasteiger partial charge on any atom is -0.360 e. The number of rotatable bonds is 5. The molecule has 1 atom stereocenters. The van der Waals surface area contributed by atoms with E-state index in [9.17, 15) is 22.8 Å². The highest BCUT2D eigenvalue weighted by molar-refractivity contribution is 6.33. The normalized spacial score (nSPS) is 11.8. The van der Waals surface area contributed by atoms with Crippen LogP contribution in [0.5, 0.6) is 0 Å². The van der Waals surface area contributed by atoms with Gasteiger partial charge in [0.15, 0.2) is 11.6 Å².